The van der Waals surface area contributed by atoms with Crippen molar-refractivity contribution in [1.29, 1.82) is 0 Å². The summed E-state index contributed by atoms with van der Waals surface area (Å²) in [6.45, 7) is 4.71. The first-order valence-electron chi connectivity index (χ1n) is 9.07. The minimum Gasteiger partial charge on any atom is -0.492 e. The number of likely N-dealkylation sites (tertiary alicyclic amines) is 1. The fraction of sp³-hybridized carbons (Fsp3) is 0.632. The largest absolute Gasteiger partial charge is 0.492 e. The van der Waals surface area contributed by atoms with Gasteiger partial charge in [0, 0.05) is 12.1 Å². The van der Waals surface area contributed by atoms with Gasteiger partial charge in [-0.25, -0.2) is 0 Å². The maximum atomic E-state index is 12.4. The number of rotatable bonds is 9. The van der Waals surface area contributed by atoms with Crippen LogP contribution in [0.1, 0.15) is 19.3 Å². The van der Waals surface area contributed by atoms with Crippen LogP contribution in [0.25, 0.3) is 0 Å². The normalized spacial score (nSPS) is 16.0. The molecule has 0 aliphatic carbocycles. The molecule has 1 saturated heterocycles. The molecule has 0 radical (unpaired) electrons. The van der Waals surface area contributed by atoms with Gasteiger partial charge in [0.25, 0.3) is 0 Å². The maximum Gasteiger partial charge on any atom is 0.236 e. The van der Waals surface area contributed by atoms with Crippen molar-refractivity contribution < 1.29 is 9.53 Å². The molecule has 1 aliphatic rings. The van der Waals surface area contributed by atoms with Gasteiger partial charge in [-0.3, -0.25) is 9.69 Å². The average Bonchev–Trinajstić information content (AvgIpc) is 2.62. The van der Waals surface area contributed by atoms with E-state index in [4.69, 9.17) is 16.3 Å². The van der Waals surface area contributed by atoms with E-state index < -0.39 is 0 Å². The van der Waals surface area contributed by atoms with Crippen molar-refractivity contribution in [3.63, 3.8) is 0 Å². The van der Waals surface area contributed by atoms with Gasteiger partial charge in [-0.1, -0.05) is 11.6 Å². The number of piperidine rings is 1. The fourth-order valence-electron chi connectivity index (χ4n) is 3.05. The van der Waals surface area contributed by atoms with Gasteiger partial charge in [0.05, 0.1) is 13.1 Å². The Labute approximate surface area is 156 Å². The molecule has 5 nitrogen and oxygen atoms in total. The molecule has 0 unspecified atom stereocenters. The van der Waals surface area contributed by atoms with Crippen LogP contribution in [0.3, 0.4) is 0 Å². The molecular weight excluding hydrogens is 338 g/mol. The molecular formula is C19H30ClN3O2. The first-order chi connectivity index (χ1) is 12.1. The molecule has 1 aromatic rings. The molecule has 0 atom stereocenters. The monoisotopic (exact) mass is 367 g/mol. The Morgan fingerprint density at radius 3 is 2.64 bits per heavy atom. The van der Waals surface area contributed by atoms with Gasteiger partial charge in [0.2, 0.25) is 5.91 Å². The Balaban J connectivity index is 1.62. The first-order valence-corrected chi connectivity index (χ1v) is 9.45. The van der Waals surface area contributed by atoms with Crippen molar-refractivity contribution in [2.45, 2.75) is 19.3 Å². The molecule has 2 rings (SSSR count). The van der Waals surface area contributed by atoms with Crippen LogP contribution >= 0.6 is 11.6 Å². The number of hydrogen-bond acceptors (Lipinski definition) is 4. The van der Waals surface area contributed by atoms with Gasteiger partial charge in [-0.15, -0.1) is 0 Å². The quantitative estimate of drug-likeness (QED) is 0.728. The third-order valence-electron chi connectivity index (χ3n) is 4.80. The molecule has 0 bridgehead atoms. The van der Waals surface area contributed by atoms with Gasteiger partial charge >= 0.3 is 0 Å². The smallest absolute Gasteiger partial charge is 0.236 e. The summed E-state index contributed by atoms with van der Waals surface area (Å²) in [6.07, 6.45) is 3.62. The van der Waals surface area contributed by atoms with Crippen LogP contribution in [-0.4, -0.2) is 69.1 Å². The van der Waals surface area contributed by atoms with Crippen LogP contribution in [-0.2, 0) is 4.79 Å². The summed E-state index contributed by atoms with van der Waals surface area (Å²) in [7, 11) is 3.84. The Hall–Kier alpha value is -1.30. The highest BCUT2D eigenvalue weighted by Crippen LogP contribution is 2.20. The van der Waals surface area contributed by atoms with Gasteiger partial charge in [-0.2, -0.15) is 0 Å². The van der Waals surface area contributed by atoms with Crippen molar-refractivity contribution in [2.75, 3.05) is 53.4 Å². The van der Waals surface area contributed by atoms with Gasteiger partial charge in [0.15, 0.2) is 0 Å². The van der Waals surface area contributed by atoms with E-state index in [0.717, 1.165) is 31.3 Å². The number of nitrogens with one attached hydrogen (secondary N) is 1. The third kappa shape index (κ3) is 7.22. The van der Waals surface area contributed by atoms with Gasteiger partial charge < -0.3 is 15.0 Å². The number of ether oxygens (including phenoxy) is 1. The molecule has 6 heteroatoms. The predicted octanol–water partition coefficient (Wildman–Crippen LogP) is 2.50. The highest BCUT2D eigenvalue weighted by molar-refractivity contribution is 6.30. The van der Waals surface area contributed by atoms with Crippen molar-refractivity contribution in [3.05, 3.63) is 29.3 Å². The molecule has 1 amide bonds. The van der Waals surface area contributed by atoms with Crippen LogP contribution in [0.4, 0.5) is 0 Å². The Bertz CT molecular complexity index is 516. The zero-order valence-corrected chi connectivity index (χ0v) is 16.1. The minimum absolute atomic E-state index is 0.161. The van der Waals surface area contributed by atoms with Gasteiger partial charge in [0.1, 0.15) is 12.4 Å². The van der Waals surface area contributed by atoms with Crippen LogP contribution in [0.2, 0.25) is 5.02 Å². The molecule has 1 heterocycles. The highest BCUT2D eigenvalue weighted by atomic mass is 35.5. The number of amides is 1. The van der Waals surface area contributed by atoms with Crippen LogP contribution < -0.4 is 10.1 Å². The number of nitrogens with zero attached hydrogens (tertiary/aromatic N) is 2. The lowest BCUT2D eigenvalue weighted by Crippen LogP contribution is -2.43. The Morgan fingerprint density at radius 2 is 2.00 bits per heavy atom. The van der Waals surface area contributed by atoms with Crippen LogP contribution in [0, 0.1) is 5.92 Å². The molecule has 25 heavy (non-hydrogen) atoms. The molecule has 1 aliphatic heterocycles. The molecule has 1 N–H and O–H groups in total. The van der Waals surface area contributed by atoms with Crippen LogP contribution in [0.5, 0.6) is 5.75 Å². The first kappa shape index (κ1) is 20.0. The Kier molecular flexibility index (Phi) is 8.52. The second-order valence-electron chi connectivity index (χ2n) is 6.73. The standard InChI is InChI=1S/C19H30ClN3O2/c1-21-10-7-16-8-11-23(12-9-16)15-19(24)22(2)13-14-25-18-5-3-17(20)4-6-18/h3-6,16,21H,7-15H2,1-2H3. The Morgan fingerprint density at radius 1 is 1.32 bits per heavy atom. The fourth-order valence-corrected chi connectivity index (χ4v) is 3.18. The molecule has 140 valence electrons. The van der Waals surface area contributed by atoms with E-state index in [1.54, 1.807) is 17.0 Å². The number of hydrogen-bond donors (Lipinski definition) is 1. The zero-order chi connectivity index (χ0) is 18.1. The molecule has 1 fully saturated rings. The summed E-state index contributed by atoms with van der Waals surface area (Å²) in [4.78, 5) is 16.4. The molecule has 1 aromatic carbocycles. The highest BCUT2D eigenvalue weighted by Gasteiger charge is 2.21. The number of halogens is 1. The van der Waals surface area contributed by atoms with Crippen molar-refractivity contribution in [1.82, 2.24) is 15.1 Å². The third-order valence-corrected chi connectivity index (χ3v) is 5.06. The number of likely N-dealkylation sites (N-methyl/N-ethyl adjacent to an activating group) is 1. The summed E-state index contributed by atoms with van der Waals surface area (Å²) >= 11 is 5.85. The van der Waals surface area contributed by atoms with Crippen molar-refractivity contribution in [3.8, 4) is 5.75 Å². The topological polar surface area (TPSA) is 44.8 Å². The zero-order valence-electron chi connectivity index (χ0n) is 15.3. The average molecular weight is 368 g/mol. The molecule has 0 saturated carbocycles. The molecule has 0 aromatic heterocycles. The lowest BCUT2D eigenvalue weighted by atomic mass is 9.93. The second-order valence-corrected chi connectivity index (χ2v) is 7.17. The minimum atomic E-state index is 0.161. The second kappa shape index (κ2) is 10.6. The number of carbonyl (C=O) groups excluding carboxylic acids is 1. The van der Waals surface area contributed by atoms with Gasteiger partial charge in [-0.05, 0) is 76.1 Å². The summed E-state index contributed by atoms with van der Waals surface area (Å²) in [5.41, 5.74) is 0. The van der Waals surface area contributed by atoms with E-state index in [-0.39, 0.29) is 5.91 Å². The lowest BCUT2D eigenvalue weighted by Gasteiger charge is -2.32. The van der Waals surface area contributed by atoms with E-state index in [1.165, 1.54) is 19.3 Å². The maximum absolute atomic E-state index is 12.4. The SMILES string of the molecule is CNCCC1CCN(CC(=O)N(C)CCOc2ccc(Cl)cc2)CC1. The van der Waals surface area contributed by atoms with Crippen molar-refractivity contribution in [2.24, 2.45) is 5.92 Å². The predicted molar refractivity (Wildman–Crippen MR) is 102 cm³/mol. The van der Waals surface area contributed by atoms with E-state index >= 15 is 0 Å². The van der Waals surface area contributed by atoms with E-state index in [1.807, 2.05) is 26.2 Å². The molecule has 0 spiro atoms. The van der Waals surface area contributed by atoms with Crippen LogP contribution in [0.15, 0.2) is 24.3 Å². The number of carbonyl (C=O) groups is 1. The van der Waals surface area contributed by atoms with Crippen molar-refractivity contribution >= 4 is 17.5 Å². The lowest BCUT2D eigenvalue weighted by molar-refractivity contribution is -0.131. The number of benzene rings is 1. The van der Waals surface area contributed by atoms with E-state index in [0.29, 0.717) is 24.7 Å². The van der Waals surface area contributed by atoms with E-state index in [2.05, 4.69) is 10.2 Å². The summed E-state index contributed by atoms with van der Waals surface area (Å²) < 4.78 is 5.65. The summed E-state index contributed by atoms with van der Waals surface area (Å²) in [5, 5.41) is 3.90. The van der Waals surface area contributed by atoms with E-state index in [9.17, 15) is 4.79 Å². The summed E-state index contributed by atoms with van der Waals surface area (Å²) in [5.74, 6) is 1.73. The summed E-state index contributed by atoms with van der Waals surface area (Å²) in [6, 6.07) is 7.27.